The van der Waals surface area contributed by atoms with Gasteiger partial charge in [0, 0.05) is 31.9 Å². The van der Waals surface area contributed by atoms with Crippen LogP contribution in [0.2, 0.25) is 0 Å². The van der Waals surface area contributed by atoms with Gasteiger partial charge in [-0.05, 0) is 43.5 Å². The molecule has 3 rings (SSSR count). The number of anilines is 1. The third kappa shape index (κ3) is 3.39. The van der Waals surface area contributed by atoms with Crippen molar-refractivity contribution in [3.63, 3.8) is 0 Å². The van der Waals surface area contributed by atoms with Crippen LogP contribution < -0.4 is 4.90 Å². The van der Waals surface area contributed by atoms with Crippen molar-refractivity contribution in [2.24, 2.45) is 5.16 Å². The maximum Gasteiger partial charge on any atom is 0.222 e. The zero-order chi connectivity index (χ0) is 17.2. The van der Waals surface area contributed by atoms with Crippen LogP contribution in [0.25, 0.3) is 0 Å². The van der Waals surface area contributed by atoms with Crippen LogP contribution in [0.15, 0.2) is 29.4 Å². The number of hydrogen-bond donors (Lipinski definition) is 1. The molecule has 0 spiro atoms. The summed E-state index contributed by atoms with van der Waals surface area (Å²) in [4.78, 5) is 2.05. The van der Waals surface area contributed by atoms with E-state index in [4.69, 9.17) is 5.21 Å². The van der Waals surface area contributed by atoms with Gasteiger partial charge in [-0.3, -0.25) is 0 Å². The molecule has 0 radical (unpaired) electrons. The molecule has 24 heavy (non-hydrogen) atoms. The summed E-state index contributed by atoms with van der Waals surface area (Å²) in [7, 11) is -3.50. The minimum absolute atomic E-state index is 0.284. The molecular weight excluding hydrogens is 333 g/mol. The Bertz CT molecular complexity index is 698. The lowest BCUT2D eigenvalue weighted by molar-refractivity contribution is 0.313. The first-order valence-electron chi connectivity index (χ1n) is 8.22. The van der Waals surface area contributed by atoms with Crippen LogP contribution in [0.3, 0.4) is 0 Å². The Morgan fingerprint density at radius 3 is 2.38 bits per heavy atom. The molecule has 2 fully saturated rings. The van der Waals surface area contributed by atoms with E-state index in [0.29, 0.717) is 44.7 Å². The smallest absolute Gasteiger partial charge is 0.222 e. The predicted octanol–water partition coefficient (Wildman–Crippen LogP) is 2.05. The van der Waals surface area contributed by atoms with Crippen molar-refractivity contribution >= 4 is 21.4 Å². The molecular formula is C16H22FN3O3S. The van der Waals surface area contributed by atoms with E-state index < -0.39 is 15.3 Å². The van der Waals surface area contributed by atoms with Crippen molar-refractivity contribution in [2.75, 3.05) is 31.1 Å². The second kappa shape index (κ2) is 7.06. The fourth-order valence-electron chi connectivity index (χ4n) is 3.43. The maximum absolute atomic E-state index is 13.0. The summed E-state index contributed by atoms with van der Waals surface area (Å²) >= 11 is 0. The molecule has 8 heteroatoms. The van der Waals surface area contributed by atoms with E-state index in [1.807, 2.05) is 4.90 Å². The number of halogens is 1. The highest BCUT2D eigenvalue weighted by Gasteiger charge is 2.38. The van der Waals surface area contributed by atoms with Gasteiger partial charge in [0.05, 0.1) is 5.71 Å². The van der Waals surface area contributed by atoms with Crippen LogP contribution >= 0.6 is 0 Å². The summed E-state index contributed by atoms with van der Waals surface area (Å²) in [5, 5.41) is 11.6. The van der Waals surface area contributed by atoms with Crippen molar-refractivity contribution in [1.29, 1.82) is 0 Å². The molecule has 1 aliphatic heterocycles. The molecule has 1 aliphatic carbocycles. The van der Waals surface area contributed by atoms with Gasteiger partial charge in [-0.15, -0.1) is 0 Å². The zero-order valence-corrected chi connectivity index (χ0v) is 14.3. The highest BCUT2D eigenvalue weighted by Crippen LogP contribution is 2.26. The molecule has 1 unspecified atom stereocenters. The van der Waals surface area contributed by atoms with Crippen molar-refractivity contribution in [3.05, 3.63) is 30.1 Å². The fourth-order valence-corrected chi connectivity index (χ4v) is 5.44. The van der Waals surface area contributed by atoms with Gasteiger partial charge in [-0.1, -0.05) is 11.6 Å². The molecule has 0 aromatic heterocycles. The van der Waals surface area contributed by atoms with Crippen LogP contribution in [-0.2, 0) is 10.0 Å². The predicted molar refractivity (Wildman–Crippen MR) is 90.6 cm³/mol. The lowest BCUT2D eigenvalue weighted by Crippen LogP contribution is -2.53. The molecule has 1 saturated heterocycles. The molecule has 0 bridgehead atoms. The Morgan fingerprint density at radius 1 is 1.08 bits per heavy atom. The van der Waals surface area contributed by atoms with Gasteiger partial charge in [0.25, 0.3) is 0 Å². The minimum atomic E-state index is -3.50. The van der Waals surface area contributed by atoms with Crippen molar-refractivity contribution in [2.45, 2.75) is 30.9 Å². The number of nitrogens with zero attached hydrogens (tertiary/aromatic N) is 3. The number of rotatable bonds is 3. The Morgan fingerprint density at radius 2 is 1.75 bits per heavy atom. The van der Waals surface area contributed by atoms with Crippen molar-refractivity contribution in [3.8, 4) is 0 Å². The normalized spacial score (nSPS) is 25.1. The number of oxime groups is 1. The van der Waals surface area contributed by atoms with E-state index in [9.17, 15) is 12.8 Å². The average molecular weight is 355 g/mol. The van der Waals surface area contributed by atoms with E-state index in [1.165, 1.54) is 16.4 Å². The van der Waals surface area contributed by atoms with Crippen molar-refractivity contribution < 1.29 is 18.0 Å². The summed E-state index contributed by atoms with van der Waals surface area (Å²) in [6, 6.07) is 6.23. The van der Waals surface area contributed by atoms with Gasteiger partial charge in [0.15, 0.2) is 0 Å². The first-order chi connectivity index (χ1) is 11.5. The van der Waals surface area contributed by atoms with Crippen LogP contribution in [0.4, 0.5) is 10.1 Å². The van der Waals surface area contributed by atoms with E-state index in [1.54, 1.807) is 12.1 Å². The van der Waals surface area contributed by atoms with Crippen LogP contribution in [0.1, 0.15) is 25.7 Å². The third-order valence-corrected chi connectivity index (χ3v) is 7.11. The van der Waals surface area contributed by atoms with E-state index in [2.05, 4.69) is 5.16 Å². The van der Waals surface area contributed by atoms with Crippen molar-refractivity contribution in [1.82, 2.24) is 4.31 Å². The van der Waals surface area contributed by atoms with Gasteiger partial charge in [0.1, 0.15) is 11.1 Å². The summed E-state index contributed by atoms with van der Waals surface area (Å²) in [6.45, 7) is 1.89. The lowest BCUT2D eigenvalue weighted by atomic mass is 9.98. The first-order valence-corrected chi connectivity index (χ1v) is 9.73. The van der Waals surface area contributed by atoms with E-state index in [0.717, 1.165) is 18.5 Å². The van der Waals surface area contributed by atoms with Gasteiger partial charge in [-0.25, -0.2) is 12.8 Å². The summed E-state index contributed by atoms with van der Waals surface area (Å²) in [5.41, 5.74) is 1.27. The fraction of sp³-hybridized carbons (Fsp3) is 0.562. The molecule has 132 valence electrons. The Labute approximate surface area is 141 Å². The molecule has 1 aromatic rings. The van der Waals surface area contributed by atoms with Gasteiger partial charge < -0.3 is 10.1 Å². The van der Waals surface area contributed by atoms with Crippen LogP contribution in [-0.4, -0.2) is 55.1 Å². The Kier molecular flexibility index (Phi) is 5.05. The highest BCUT2D eigenvalue weighted by molar-refractivity contribution is 7.90. The maximum atomic E-state index is 13.0. The van der Waals surface area contributed by atoms with Gasteiger partial charge >= 0.3 is 0 Å². The zero-order valence-electron chi connectivity index (χ0n) is 13.4. The van der Waals surface area contributed by atoms with E-state index >= 15 is 0 Å². The molecule has 0 amide bonds. The Balaban J connectivity index is 1.68. The standard InChI is InChI=1S/C16H22FN3O3S/c17-13-5-7-14(8-6-13)19-9-11-20(12-10-19)24(22,23)16-4-2-1-3-15(16)18-21/h5-8,16,21H,1-4,9-12H2. The second-order valence-electron chi connectivity index (χ2n) is 6.23. The number of hydrogen-bond acceptors (Lipinski definition) is 5. The summed E-state index contributed by atoms with van der Waals surface area (Å²) in [6.07, 6.45) is 2.75. The highest BCUT2D eigenvalue weighted by atomic mass is 32.2. The average Bonchev–Trinajstić information content (AvgIpc) is 2.62. The first kappa shape index (κ1) is 17.2. The lowest BCUT2D eigenvalue weighted by Gasteiger charge is -2.37. The molecule has 1 saturated carbocycles. The molecule has 1 aromatic carbocycles. The molecule has 1 N–H and O–H groups in total. The second-order valence-corrected chi connectivity index (χ2v) is 8.35. The van der Waals surface area contributed by atoms with Gasteiger partial charge in [0.2, 0.25) is 10.0 Å². The minimum Gasteiger partial charge on any atom is -0.411 e. The van der Waals surface area contributed by atoms with Crippen LogP contribution in [0.5, 0.6) is 0 Å². The topological polar surface area (TPSA) is 73.2 Å². The molecule has 6 nitrogen and oxygen atoms in total. The monoisotopic (exact) mass is 355 g/mol. The van der Waals surface area contributed by atoms with Crippen LogP contribution in [0, 0.1) is 5.82 Å². The third-order valence-electron chi connectivity index (χ3n) is 4.80. The summed E-state index contributed by atoms with van der Waals surface area (Å²) in [5.74, 6) is -0.284. The molecule has 2 aliphatic rings. The quantitative estimate of drug-likeness (QED) is 0.665. The SMILES string of the molecule is O=S(=O)(C1CCCCC1=NO)N1CCN(c2ccc(F)cc2)CC1. The number of benzene rings is 1. The Hall–Kier alpha value is -1.67. The van der Waals surface area contributed by atoms with Gasteiger partial charge in [-0.2, -0.15) is 4.31 Å². The molecule has 1 heterocycles. The molecule has 1 atom stereocenters. The number of piperazine rings is 1. The van der Waals surface area contributed by atoms with E-state index in [-0.39, 0.29) is 5.82 Å². The number of sulfonamides is 1. The summed E-state index contributed by atoms with van der Waals surface area (Å²) < 4.78 is 40.2. The largest absolute Gasteiger partial charge is 0.411 e.